The van der Waals surface area contributed by atoms with Crippen molar-refractivity contribution in [1.82, 2.24) is 10.3 Å². The molecule has 0 unspecified atom stereocenters. The number of hydrogen-bond acceptors (Lipinski definition) is 5. The molecule has 100 valence electrons. The van der Waals surface area contributed by atoms with Gasteiger partial charge in [0.05, 0.1) is 16.3 Å². The quantitative estimate of drug-likeness (QED) is 0.827. The topological polar surface area (TPSA) is 88.2 Å². The Kier molecular flexibility index (Phi) is 4.92. The highest BCUT2D eigenvalue weighted by Crippen LogP contribution is 2.19. The molecule has 0 radical (unpaired) electrons. The molecule has 1 rings (SSSR count). The summed E-state index contributed by atoms with van der Waals surface area (Å²) in [5, 5.41) is 5.58. The number of sulfone groups is 1. The van der Waals surface area contributed by atoms with E-state index in [0.717, 1.165) is 6.26 Å². The number of aromatic nitrogens is 1. The van der Waals surface area contributed by atoms with Crippen LogP contribution in [-0.2, 0) is 9.84 Å². The SMILES string of the molecule is CNc1ncc(C(=O)NCCS(C)(=O)=O)cc1Cl. The molecule has 2 N–H and O–H groups in total. The average Bonchev–Trinajstić information content (AvgIpc) is 2.27. The predicted molar refractivity (Wildman–Crippen MR) is 70.8 cm³/mol. The fraction of sp³-hybridized carbons (Fsp3) is 0.400. The lowest BCUT2D eigenvalue weighted by Gasteiger charge is -2.06. The van der Waals surface area contributed by atoms with Crippen LogP contribution in [-0.4, -0.2) is 44.9 Å². The Balaban J connectivity index is 2.65. The molecule has 1 aromatic rings. The molecule has 1 heterocycles. The molecule has 1 amide bonds. The fourth-order valence-electron chi connectivity index (χ4n) is 1.20. The van der Waals surface area contributed by atoms with Crippen molar-refractivity contribution in [3.8, 4) is 0 Å². The Morgan fingerprint density at radius 2 is 2.17 bits per heavy atom. The maximum Gasteiger partial charge on any atom is 0.252 e. The second-order valence-corrected chi connectivity index (χ2v) is 6.36. The molecule has 0 saturated heterocycles. The van der Waals surface area contributed by atoms with Crippen molar-refractivity contribution >= 4 is 33.2 Å². The van der Waals surface area contributed by atoms with Crippen LogP contribution in [0.3, 0.4) is 0 Å². The third kappa shape index (κ3) is 4.50. The molecule has 8 heteroatoms. The third-order valence-electron chi connectivity index (χ3n) is 2.10. The number of nitrogens with zero attached hydrogens (tertiary/aromatic N) is 1. The number of pyridine rings is 1. The molecule has 1 aromatic heterocycles. The zero-order valence-electron chi connectivity index (χ0n) is 10.0. The lowest BCUT2D eigenvalue weighted by atomic mass is 10.2. The summed E-state index contributed by atoms with van der Waals surface area (Å²) in [6, 6.07) is 1.47. The lowest BCUT2D eigenvalue weighted by molar-refractivity contribution is 0.0956. The van der Waals surface area contributed by atoms with Gasteiger partial charge >= 0.3 is 0 Å². The molecule has 0 aliphatic carbocycles. The van der Waals surface area contributed by atoms with Gasteiger partial charge in [-0.05, 0) is 6.07 Å². The maximum atomic E-state index is 11.7. The molecule has 0 atom stereocenters. The van der Waals surface area contributed by atoms with Crippen molar-refractivity contribution in [3.63, 3.8) is 0 Å². The molecular weight excluding hydrogens is 278 g/mol. The first kappa shape index (κ1) is 14.7. The zero-order chi connectivity index (χ0) is 13.8. The van der Waals surface area contributed by atoms with Crippen LogP contribution in [0.5, 0.6) is 0 Å². The van der Waals surface area contributed by atoms with E-state index < -0.39 is 15.7 Å². The number of anilines is 1. The van der Waals surface area contributed by atoms with Crippen LogP contribution in [0.25, 0.3) is 0 Å². The summed E-state index contributed by atoms with van der Waals surface area (Å²) in [7, 11) is -1.42. The molecule has 0 bridgehead atoms. The summed E-state index contributed by atoms with van der Waals surface area (Å²) in [4.78, 5) is 15.6. The average molecular weight is 292 g/mol. The van der Waals surface area contributed by atoms with Gasteiger partial charge in [0.2, 0.25) is 0 Å². The third-order valence-corrected chi connectivity index (χ3v) is 3.33. The van der Waals surface area contributed by atoms with Gasteiger partial charge in [-0.1, -0.05) is 11.6 Å². The standard InChI is InChI=1S/C10H14ClN3O3S/c1-12-9-8(11)5-7(6-14-9)10(15)13-3-4-18(2,16)17/h5-6H,3-4H2,1-2H3,(H,12,14)(H,13,15). The number of nitrogens with one attached hydrogen (secondary N) is 2. The Morgan fingerprint density at radius 3 is 2.67 bits per heavy atom. The fourth-order valence-corrected chi connectivity index (χ4v) is 1.93. The second kappa shape index (κ2) is 6.01. The monoisotopic (exact) mass is 291 g/mol. The number of rotatable bonds is 5. The van der Waals surface area contributed by atoms with Gasteiger partial charge in [0, 0.05) is 26.0 Å². The minimum Gasteiger partial charge on any atom is -0.372 e. The molecule has 0 aromatic carbocycles. The van der Waals surface area contributed by atoms with E-state index in [1.54, 1.807) is 7.05 Å². The molecule has 0 aliphatic heterocycles. The van der Waals surface area contributed by atoms with Gasteiger partial charge < -0.3 is 10.6 Å². The van der Waals surface area contributed by atoms with Crippen LogP contribution in [0.4, 0.5) is 5.82 Å². The maximum absolute atomic E-state index is 11.7. The molecule has 6 nitrogen and oxygen atoms in total. The van der Waals surface area contributed by atoms with Crippen LogP contribution < -0.4 is 10.6 Å². The minimum absolute atomic E-state index is 0.0586. The van der Waals surface area contributed by atoms with Crippen LogP contribution in [0.15, 0.2) is 12.3 Å². The molecule has 0 saturated carbocycles. The first-order valence-electron chi connectivity index (χ1n) is 5.12. The van der Waals surface area contributed by atoms with Gasteiger partial charge in [-0.25, -0.2) is 13.4 Å². The van der Waals surface area contributed by atoms with Crippen LogP contribution >= 0.6 is 11.6 Å². The van der Waals surface area contributed by atoms with Crippen LogP contribution in [0.1, 0.15) is 10.4 Å². The van der Waals surface area contributed by atoms with E-state index in [9.17, 15) is 13.2 Å². The summed E-state index contributed by atoms with van der Waals surface area (Å²) >= 11 is 5.88. The largest absolute Gasteiger partial charge is 0.372 e. The van der Waals surface area contributed by atoms with Crippen molar-refractivity contribution in [2.24, 2.45) is 0 Å². The van der Waals surface area contributed by atoms with Crippen molar-refractivity contribution in [3.05, 3.63) is 22.8 Å². The van der Waals surface area contributed by atoms with E-state index in [4.69, 9.17) is 11.6 Å². The normalized spacial score (nSPS) is 11.1. The summed E-state index contributed by atoms with van der Waals surface area (Å²) in [6.45, 7) is 0.0586. The summed E-state index contributed by atoms with van der Waals surface area (Å²) in [5.74, 6) is -0.0332. The van der Waals surface area contributed by atoms with Crippen molar-refractivity contribution in [2.45, 2.75) is 0 Å². The smallest absolute Gasteiger partial charge is 0.252 e. The van der Waals surface area contributed by atoms with Crippen molar-refractivity contribution in [1.29, 1.82) is 0 Å². The van der Waals surface area contributed by atoms with Crippen molar-refractivity contribution in [2.75, 3.05) is 30.9 Å². The Morgan fingerprint density at radius 1 is 1.50 bits per heavy atom. The zero-order valence-corrected chi connectivity index (χ0v) is 11.6. The number of carbonyl (C=O) groups excluding carboxylic acids is 1. The Bertz CT molecular complexity index is 545. The predicted octanol–water partition coefficient (Wildman–Crippen LogP) is 0.551. The van der Waals surface area contributed by atoms with E-state index in [1.807, 2.05) is 0 Å². The first-order chi connectivity index (χ1) is 8.33. The second-order valence-electron chi connectivity index (χ2n) is 3.69. The van der Waals surface area contributed by atoms with E-state index in [-0.39, 0.29) is 17.9 Å². The van der Waals surface area contributed by atoms with Crippen molar-refractivity contribution < 1.29 is 13.2 Å². The first-order valence-corrected chi connectivity index (χ1v) is 7.56. The van der Waals surface area contributed by atoms with E-state index in [0.29, 0.717) is 10.8 Å². The molecule has 18 heavy (non-hydrogen) atoms. The molecular formula is C10H14ClN3O3S. The van der Waals surface area contributed by atoms with Gasteiger partial charge in [-0.15, -0.1) is 0 Å². The Labute approximate surface area is 111 Å². The minimum atomic E-state index is -3.09. The summed E-state index contributed by atoms with van der Waals surface area (Å²) in [6.07, 6.45) is 2.48. The van der Waals surface area contributed by atoms with E-state index in [1.165, 1.54) is 12.3 Å². The highest BCUT2D eigenvalue weighted by atomic mass is 35.5. The number of halogens is 1. The molecule has 0 fully saturated rings. The number of amides is 1. The van der Waals surface area contributed by atoms with Gasteiger partial charge in [-0.3, -0.25) is 4.79 Å². The van der Waals surface area contributed by atoms with Gasteiger partial charge in [0.15, 0.2) is 0 Å². The summed E-state index contributed by atoms with van der Waals surface area (Å²) in [5.41, 5.74) is 0.285. The number of carbonyl (C=O) groups is 1. The highest BCUT2D eigenvalue weighted by molar-refractivity contribution is 7.90. The van der Waals surface area contributed by atoms with Gasteiger partial charge in [0.1, 0.15) is 15.7 Å². The van der Waals surface area contributed by atoms with Gasteiger partial charge in [0.25, 0.3) is 5.91 Å². The molecule has 0 aliphatic rings. The summed E-state index contributed by atoms with van der Waals surface area (Å²) < 4.78 is 21.8. The van der Waals surface area contributed by atoms with Crippen LogP contribution in [0.2, 0.25) is 5.02 Å². The molecule has 0 spiro atoms. The van der Waals surface area contributed by atoms with E-state index in [2.05, 4.69) is 15.6 Å². The number of hydrogen-bond donors (Lipinski definition) is 2. The Hall–Kier alpha value is -1.34. The highest BCUT2D eigenvalue weighted by Gasteiger charge is 2.10. The van der Waals surface area contributed by atoms with Crippen LogP contribution in [0, 0.1) is 0 Å². The van der Waals surface area contributed by atoms with Gasteiger partial charge in [-0.2, -0.15) is 0 Å². The lowest BCUT2D eigenvalue weighted by Crippen LogP contribution is -2.28. The van der Waals surface area contributed by atoms with E-state index >= 15 is 0 Å².